The van der Waals surface area contributed by atoms with Crippen molar-refractivity contribution in [3.8, 4) is 17.0 Å². The van der Waals surface area contributed by atoms with Gasteiger partial charge in [0, 0.05) is 22.7 Å². The zero-order valence-corrected chi connectivity index (χ0v) is 11.6. The molecule has 5 heteroatoms. The first-order chi connectivity index (χ1) is 9.15. The summed E-state index contributed by atoms with van der Waals surface area (Å²) in [6.45, 7) is 4.04. The summed E-state index contributed by atoms with van der Waals surface area (Å²) in [6, 6.07) is 5.99. The lowest BCUT2D eigenvalue weighted by molar-refractivity contribution is 0.245. The largest absolute Gasteiger partial charge is 0.490 e. The minimum Gasteiger partial charge on any atom is -0.490 e. The van der Waals surface area contributed by atoms with Crippen molar-refractivity contribution < 1.29 is 4.74 Å². The molecule has 0 fully saturated rings. The predicted molar refractivity (Wildman–Crippen MR) is 79.6 cm³/mol. The number of rotatable bonds is 3. The third-order valence-electron chi connectivity index (χ3n) is 2.83. The fourth-order valence-corrected chi connectivity index (χ4v) is 2.68. The number of ether oxygens (including phenoxy) is 1. The molecule has 0 unspecified atom stereocenters. The van der Waals surface area contributed by atoms with Crippen LogP contribution in [0.3, 0.4) is 0 Å². The summed E-state index contributed by atoms with van der Waals surface area (Å²) in [7, 11) is 0. The van der Waals surface area contributed by atoms with Crippen molar-refractivity contribution in [1.82, 2.24) is 9.97 Å². The number of nitrogens with two attached hydrogens (primary N) is 1. The van der Waals surface area contributed by atoms with Crippen molar-refractivity contribution in [2.24, 2.45) is 0 Å². The van der Waals surface area contributed by atoms with E-state index in [0.717, 1.165) is 27.9 Å². The van der Waals surface area contributed by atoms with Crippen molar-refractivity contribution in [2.75, 3.05) is 5.73 Å². The smallest absolute Gasteiger partial charge is 0.180 e. The fraction of sp³-hybridized carbons (Fsp3) is 0.214. The average molecular weight is 273 g/mol. The zero-order valence-electron chi connectivity index (χ0n) is 10.8. The summed E-state index contributed by atoms with van der Waals surface area (Å²) in [5.74, 6) is 0.871. The minimum absolute atomic E-state index is 0.133. The Bertz CT molecular complexity index is 714. The fourth-order valence-electron chi connectivity index (χ4n) is 2.12. The molecule has 0 aliphatic rings. The van der Waals surface area contributed by atoms with Crippen LogP contribution in [0.15, 0.2) is 29.8 Å². The SMILES string of the molecule is CC(C)Oc1cccc2[nH]cc(-c3csc(N)n3)c12. The lowest BCUT2D eigenvalue weighted by atomic mass is 10.1. The maximum atomic E-state index is 5.88. The molecule has 0 aliphatic carbocycles. The Hall–Kier alpha value is -2.01. The van der Waals surface area contributed by atoms with Crippen molar-refractivity contribution in [3.63, 3.8) is 0 Å². The predicted octanol–water partition coefficient (Wildman–Crippen LogP) is 3.66. The van der Waals surface area contributed by atoms with E-state index < -0.39 is 0 Å². The third kappa shape index (κ3) is 2.17. The molecule has 0 radical (unpaired) electrons. The van der Waals surface area contributed by atoms with Crippen LogP contribution in [0.2, 0.25) is 0 Å². The van der Waals surface area contributed by atoms with Gasteiger partial charge in [0.2, 0.25) is 0 Å². The van der Waals surface area contributed by atoms with Crippen LogP contribution in [0, 0.1) is 0 Å². The molecule has 3 N–H and O–H groups in total. The lowest BCUT2D eigenvalue weighted by Gasteiger charge is -2.11. The monoisotopic (exact) mass is 273 g/mol. The highest BCUT2D eigenvalue weighted by atomic mass is 32.1. The number of aromatic nitrogens is 2. The second kappa shape index (κ2) is 4.59. The van der Waals surface area contributed by atoms with E-state index in [1.165, 1.54) is 11.3 Å². The summed E-state index contributed by atoms with van der Waals surface area (Å²) in [4.78, 5) is 7.60. The highest BCUT2D eigenvalue weighted by molar-refractivity contribution is 7.13. The maximum Gasteiger partial charge on any atom is 0.180 e. The molecule has 2 heterocycles. The van der Waals surface area contributed by atoms with E-state index in [4.69, 9.17) is 10.5 Å². The molecule has 0 atom stereocenters. The number of H-pyrrole nitrogens is 1. The third-order valence-corrected chi connectivity index (χ3v) is 3.50. The highest BCUT2D eigenvalue weighted by Gasteiger charge is 2.14. The zero-order chi connectivity index (χ0) is 13.4. The van der Waals surface area contributed by atoms with Gasteiger partial charge >= 0.3 is 0 Å². The van der Waals surface area contributed by atoms with E-state index in [2.05, 4.69) is 9.97 Å². The van der Waals surface area contributed by atoms with Gasteiger partial charge in [0.25, 0.3) is 0 Å². The van der Waals surface area contributed by atoms with Crippen molar-refractivity contribution in [1.29, 1.82) is 0 Å². The Kier molecular flexibility index (Phi) is 2.91. The summed E-state index contributed by atoms with van der Waals surface area (Å²) in [5.41, 5.74) is 8.66. The number of nitrogens with one attached hydrogen (secondary N) is 1. The Morgan fingerprint density at radius 1 is 1.37 bits per heavy atom. The van der Waals surface area contributed by atoms with Crippen LogP contribution in [-0.4, -0.2) is 16.1 Å². The van der Waals surface area contributed by atoms with Gasteiger partial charge in [0.1, 0.15) is 5.75 Å². The number of hydrogen-bond acceptors (Lipinski definition) is 4. The summed E-state index contributed by atoms with van der Waals surface area (Å²) >= 11 is 1.44. The minimum atomic E-state index is 0.133. The summed E-state index contributed by atoms with van der Waals surface area (Å²) in [6.07, 6.45) is 2.08. The molecule has 3 aromatic rings. The first kappa shape index (κ1) is 12.0. The number of aromatic amines is 1. The van der Waals surface area contributed by atoms with Gasteiger partial charge in [-0.15, -0.1) is 11.3 Å². The molecule has 19 heavy (non-hydrogen) atoms. The van der Waals surface area contributed by atoms with E-state index in [9.17, 15) is 0 Å². The Morgan fingerprint density at radius 3 is 2.89 bits per heavy atom. The molecule has 1 aromatic carbocycles. The van der Waals surface area contributed by atoms with Gasteiger partial charge in [-0.05, 0) is 26.0 Å². The first-order valence-corrected chi connectivity index (χ1v) is 7.01. The van der Waals surface area contributed by atoms with E-state index in [1.807, 2.05) is 43.6 Å². The number of benzene rings is 1. The molecule has 0 bridgehead atoms. The van der Waals surface area contributed by atoms with Crippen LogP contribution in [0.1, 0.15) is 13.8 Å². The number of nitrogens with zero attached hydrogens (tertiary/aromatic N) is 1. The second-order valence-electron chi connectivity index (χ2n) is 4.62. The topological polar surface area (TPSA) is 63.9 Å². The molecule has 98 valence electrons. The standard InChI is InChI=1S/C14H15N3OS/c1-8(2)18-12-5-3-4-10-13(12)9(6-16-10)11-7-19-14(15)17-11/h3-8,16H,1-2H3,(H2,15,17). The van der Waals surface area contributed by atoms with Crippen molar-refractivity contribution in [3.05, 3.63) is 29.8 Å². The first-order valence-electron chi connectivity index (χ1n) is 6.13. The molecule has 0 amide bonds. The Morgan fingerprint density at radius 2 is 2.21 bits per heavy atom. The van der Waals surface area contributed by atoms with Gasteiger partial charge in [-0.2, -0.15) is 0 Å². The molecule has 4 nitrogen and oxygen atoms in total. The van der Waals surface area contributed by atoms with Gasteiger partial charge in [0.15, 0.2) is 5.13 Å². The van der Waals surface area contributed by atoms with Crippen LogP contribution in [-0.2, 0) is 0 Å². The lowest BCUT2D eigenvalue weighted by Crippen LogP contribution is -2.05. The maximum absolute atomic E-state index is 5.88. The molecular weight excluding hydrogens is 258 g/mol. The summed E-state index contributed by atoms with van der Waals surface area (Å²) in [5, 5.41) is 3.59. The Labute approximate surface area is 115 Å². The van der Waals surface area contributed by atoms with Gasteiger partial charge < -0.3 is 15.5 Å². The number of thiazole rings is 1. The van der Waals surface area contributed by atoms with Crippen molar-refractivity contribution in [2.45, 2.75) is 20.0 Å². The molecular formula is C14H15N3OS. The van der Waals surface area contributed by atoms with Gasteiger partial charge in [-0.25, -0.2) is 4.98 Å². The van der Waals surface area contributed by atoms with Crippen molar-refractivity contribution >= 4 is 27.4 Å². The quantitative estimate of drug-likeness (QED) is 0.765. The number of nitrogen functional groups attached to an aromatic ring is 1. The van der Waals surface area contributed by atoms with Crippen LogP contribution in [0.5, 0.6) is 5.75 Å². The molecule has 0 aliphatic heterocycles. The van der Waals surface area contributed by atoms with E-state index in [-0.39, 0.29) is 6.10 Å². The van der Waals surface area contributed by atoms with Gasteiger partial charge in [-0.1, -0.05) is 6.07 Å². The number of fused-ring (bicyclic) bond motifs is 1. The van der Waals surface area contributed by atoms with Crippen LogP contribution >= 0.6 is 11.3 Å². The molecule has 0 saturated carbocycles. The van der Waals surface area contributed by atoms with E-state index in [0.29, 0.717) is 5.13 Å². The van der Waals surface area contributed by atoms with Gasteiger partial charge in [0.05, 0.1) is 17.2 Å². The Balaban J connectivity index is 2.20. The van der Waals surface area contributed by atoms with Crippen LogP contribution in [0.4, 0.5) is 5.13 Å². The summed E-state index contributed by atoms with van der Waals surface area (Å²) < 4.78 is 5.88. The van der Waals surface area contributed by atoms with Gasteiger partial charge in [-0.3, -0.25) is 0 Å². The second-order valence-corrected chi connectivity index (χ2v) is 5.51. The van der Waals surface area contributed by atoms with Crippen LogP contribution < -0.4 is 10.5 Å². The van der Waals surface area contributed by atoms with E-state index >= 15 is 0 Å². The molecule has 0 saturated heterocycles. The van der Waals surface area contributed by atoms with Crippen LogP contribution in [0.25, 0.3) is 22.2 Å². The average Bonchev–Trinajstić information content (AvgIpc) is 2.94. The molecule has 0 spiro atoms. The molecule has 3 rings (SSSR count). The number of anilines is 1. The normalized spacial score (nSPS) is 11.3. The van der Waals surface area contributed by atoms with E-state index in [1.54, 1.807) is 0 Å². The molecule has 2 aromatic heterocycles. The number of hydrogen-bond donors (Lipinski definition) is 2. The highest BCUT2D eigenvalue weighted by Crippen LogP contribution is 2.36.